The van der Waals surface area contributed by atoms with Gasteiger partial charge in [0, 0.05) is 15.1 Å². The van der Waals surface area contributed by atoms with E-state index in [0.717, 1.165) is 9.26 Å². The molecular formula is C11H12ClIN2O2. The normalized spacial score (nSPS) is 23.7. The van der Waals surface area contributed by atoms with Crippen molar-refractivity contribution in [2.75, 3.05) is 11.9 Å². The maximum Gasteiger partial charge on any atom is 0.241 e. The number of aliphatic hydroxyl groups excluding tert-OH is 1. The fourth-order valence-electron chi connectivity index (χ4n) is 1.73. The van der Waals surface area contributed by atoms with Crippen molar-refractivity contribution in [2.45, 2.75) is 18.6 Å². The van der Waals surface area contributed by atoms with Gasteiger partial charge < -0.3 is 15.7 Å². The summed E-state index contributed by atoms with van der Waals surface area (Å²) in [5.74, 6) is -0.123. The van der Waals surface area contributed by atoms with Gasteiger partial charge in [0.1, 0.15) is 0 Å². The van der Waals surface area contributed by atoms with Crippen LogP contribution in [-0.4, -0.2) is 29.7 Å². The summed E-state index contributed by atoms with van der Waals surface area (Å²) in [7, 11) is 0. The minimum absolute atomic E-state index is 0.123. The molecule has 0 radical (unpaired) electrons. The Morgan fingerprint density at radius 3 is 2.94 bits per heavy atom. The summed E-state index contributed by atoms with van der Waals surface area (Å²) < 4.78 is 0.891. The molecule has 1 aromatic rings. The summed E-state index contributed by atoms with van der Waals surface area (Å²) in [5.41, 5.74) is 0.739. The molecule has 0 bridgehead atoms. The molecule has 0 aliphatic carbocycles. The molecule has 0 aromatic heterocycles. The summed E-state index contributed by atoms with van der Waals surface area (Å²) >= 11 is 7.95. The Morgan fingerprint density at radius 1 is 1.59 bits per heavy atom. The summed E-state index contributed by atoms with van der Waals surface area (Å²) in [6.45, 7) is 0.468. The van der Waals surface area contributed by atoms with Crippen molar-refractivity contribution in [3.63, 3.8) is 0 Å². The van der Waals surface area contributed by atoms with Crippen molar-refractivity contribution in [3.8, 4) is 0 Å². The van der Waals surface area contributed by atoms with Gasteiger partial charge >= 0.3 is 0 Å². The molecule has 3 N–H and O–H groups in total. The number of hydrogen-bond donors (Lipinski definition) is 3. The van der Waals surface area contributed by atoms with Gasteiger partial charge in [-0.25, -0.2) is 0 Å². The molecule has 0 spiro atoms. The van der Waals surface area contributed by atoms with Crippen LogP contribution in [0.1, 0.15) is 6.42 Å². The molecular weight excluding hydrogens is 354 g/mol. The van der Waals surface area contributed by atoms with Gasteiger partial charge in [0.2, 0.25) is 5.91 Å². The smallest absolute Gasteiger partial charge is 0.241 e. The third kappa shape index (κ3) is 3.31. The maximum atomic E-state index is 11.9. The van der Waals surface area contributed by atoms with Crippen LogP contribution in [0.3, 0.4) is 0 Å². The Hall–Kier alpha value is -0.370. The topological polar surface area (TPSA) is 61.4 Å². The highest BCUT2D eigenvalue weighted by atomic mass is 127. The molecule has 1 amide bonds. The second-order valence-electron chi connectivity index (χ2n) is 3.96. The highest BCUT2D eigenvalue weighted by Crippen LogP contribution is 2.22. The van der Waals surface area contributed by atoms with Crippen LogP contribution in [0.2, 0.25) is 5.02 Å². The van der Waals surface area contributed by atoms with Crippen LogP contribution < -0.4 is 10.6 Å². The lowest BCUT2D eigenvalue weighted by Gasteiger charge is -2.12. The Kier molecular flexibility index (Phi) is 4.24. The molecule has 1 aliphatic rings. The summed E-state index contributed by atoms with van der Waals surface area (Å²) in [6.07, 6.45) is 0.0192. The van der Waals surface area contributed by atoms with Crippen molar-refractivity contribution < 1.29 is 9.90 Å². The molecule has 4 nitrogen and oxygen atoms in total. The number of benzene rings is 1. The first-order valence-corrected chi connectivity index (χ1v) is 6.69. The van der Waals surface area contributed by atoms with Crippen LogP contribution in [0, 0.1) is 3.57 Å². The van der Waals surface area contributed by atoms with Gasteiger partial charge in [0.15, 0.2) is 0 Å². The van der Waals surface area contributed by atoms with Crippen molar-refractivity contribution in [1.29, 1.82) is 0 Å². The van der Waals surface area contributed by atoms with Crippen LogP contribution in [-0.2, 0) is 4.79 Å². The van der Waals surface area contributed by atoms with Gasteiger partial charge in [-0.05, 0) is 47.2 Å². The van der Waals surface area contributed by atoms with E-state index in [4.69, 9.17) is 11.6 Å². The molecule has 2 unspecified atom stereocenters. The largest absolute Gasteiger partial charge is 0.392 e. The van der Waals surface area contributed by atoms with Crippen LogP contribution in [0.15, 0.2) is 18.2 Å². The van der Waals surface area contributed by atoms with Crippen LogP contribution >= 0.6 is 34.2 Å². The van der Waals surface area contributed by atoms with E-state index in [1.165, 1.54) is 0 Å². The summed E-state index contributed by atoms with van der Waals surface area (Å²) in [4.78, 5) is 11.9. The SMILES string of the molecule is O=C(Nc1ccc(Cl)cc1I)C1CC(O)CN1. The Labute approximate surface area is 118 Å². The van der Waals surface area contributed by atoms with E-state index < -0.39 is 6.10 Å². The molecule has 2 rings (SSSR count). The van der Waals surface area contributed by atoms with Crippen molar-refractivity contribution in [1.82, 2.24) is 5.32 Å². The quantitative estimate of drug-likeness (QED) is 0.697. The van der Waals surface area contributed by atoms with E-state index in [1.807, 2.05) is 0 Å². The average molecular weight is 367 g/mol. The molecule has 6 heteroatoms. The van der Waals surface area contributed by atoms with E-state index in [2.05, 4.69) is 33.2 Å². The minimum atomic E-state index is -0.435. The molecule has 1 heterocycles. The van der Waals surface area contributed by atoms with Crippen LogP contribution in [0.4, 0.5) is 5.69 Å². The number of amides is 1. The third-order valence-corrected chi connectivity index (χ3v) is 3.74. The lowest BCUT2D eigenvalue weighted by molar-refractivity contribution is -0.117. The first kappa shape index (κ1) is 13.1. The van der Waals surface area contributed by atoms with Gasteiger partial charge in [-0.3, -0.25) is 4.79 Å². The number of carbonyl (C=O) groups excluding carboxylic acids is 1. The molecule has 92 valence electrons. The van der Waals surface area contributed by atoms with Crippen molar-refractivity contribution >= 4 is 45.8 Å². The lowest BCUT2D eigenvalue weighted by atomic mass is 10.2. The lowest BCUT2D eigenvalue weighted by Crippen LogP contribution is -2.35. The van der Waals surface area contributed by atoms with Crippen molar-refractivity contribution in [3.05, 3.63) is 26.8 Å². The van der Waals surface area contributed by atoms with E-state index >= 15 is 0 Å². The Bertz CT molecular complexity index is 441. The van der Waals surface area contributed by atoms with Gasteiger partial charge in [0.25, 0.3) is 0 Å². The fourth-order valence-corrected chi connectivity index (χ4v) is 2.73. The molecule has 1 saturated heterocycles. The third-order valence-electron chi connectivity index (χ3n) is 2.61. The molecule has 2 atom stereocenters. The first-order valence-electron chi connectivity index (χ1n) is 5.23. The van der Waals surface area contributed by atoms with Crippen LogP contribution in [0.5, 0.6) is 0 Å². The number of halogens is 2. The predicted octanol–water partition coefficient (Wildman–Crippen LogP) is 1.61. The Balaban J connectivity index is 2.03. The van der Waals surface area contributed by atoms with Gasteiger partial charge in [0.05, 0.1) is 17.8 Å². The zero-order chi connectivity index (χ0) is 12.4. The molecule has 17 heavy (non-hydrogen) atoms. The number of anilines is 1. The fraction of sp³-hybridized carbons (Fsp3) is 0.364. The highest BCUT2D eigenvalue weighted by molar-refractivity contribution is 14.1. The van der Waals surface area contributed by atoms with E-state index in [0.29, 0.717) is 18.0 Å². The number of carbonyl (C=O) groups is 1. The van der Waals surface area contributed by atoms with Gasteiger partial charge in [-0.15, -0.1) is 0 Å². The number of aliphatic hydroxyl groups is 1. The second-order valence-corrected chi connectivity index (χ2v) is 5.56. The van der Waals surface area contributed by atoms with E-state index in [9.17, 15) is 9.90 Å². The zero-order valence-corrected chi connectivity index (χ0v) is 11.8. The standard InChI is InChI=1S/C11H12ClIN2O2/c12-6-1-2-9(8(13)3-6)15-11(17)10-4-7(16)5-14-10/h1-3,7,10,14,16H,4-5H2,(H,15,17). The minimum Gasteiger partial charge on any atom is -0.392 e. The number of hydrogen-bond acceptors (Lipinski definition) is 3. The number of nitrogens with one attached hydrogen (secondary N) is 2. The molecule has 1 fully saturated rings. The average Bonchev–Trinajstić information content (AvgIpc) is 2.69. The van der Waals surface area contributed by atoms with Crippen molar-refractivity contribution in [2.24, 2.45) is 0 Å². The number of rotatable bonds is 2. The molecule has 0 saturated carbocycles. The predicted molar refractivity (Wildman–Crippen MR) is 75.2 cm³/mol. The monoisotopic (exact) mass is 366 g/mol. The first-order chi connectivity index (χ1) is 8.06. The van der Waals surface area contributed by atoms with E-state index in [-0.39, 0.29) is 11.9 Å². The summed E-state index contributed by atoms with van der Waals surface area (Å²) in [5, 5.41) is 15.8. The van der Waals surface area contributed by atoms with E-state index in [1.54, 1.807) is 18.2 Å². The molecule has 1 aromatic carbocycles. The van der Waals surface area contributed by atoms with Crippen LogP contribution in [0.25, 0.3) is 0 Å². The second kappa shape index (κ2) is 5.51. The molecule has 1 aliphatic heterocycles. The summed E-state index contributed by atoms with van der Waals surface area (Å²) in [6, 6.07) is 4.97. The maximum absolute atomic E-state index is 11.9. The van der Waals surface area contributed by atoms with Gasteiger partial charge in [-0.2, -0.15) is 0 Å². The zero-order valence-electron chi connectivity index (χ0n) is 8.91. The highest BCUT2D eigenvalue weighted by Gasteiger charge is 2.28. The van der Waals surface area contributed by atoms with Gasteiger partial charge in [-0.1, -0.05) is 11.6 Å². The Morgan fingerprint density at radius 2 is 2.35 bits per heavy atom. The number of β-amino-alcohol motifs (C(OH)–C–C–N with tert-alkyl or cyclic N) is 1.